The van der Waals surface area contributed by atoms with Crippen LogP contribution in [-0.4, -0.2) is 25.5 Å². The van der Waals surface area contributed by atoms with Crippen molar-refractivity contribution >= 4 is 16.8 Å². The Kier molecular flexibility index (Phi) is 4.75. The number of aromatic nitrogens is 4. The third kappa shape index (κ3) is 3.33. The first-order chi connectivity index (χ1) is 14.0. The van der Waals surface area contributed by atoms with E-state index in [1.807, 2.05) is 44.2 Å². The number of carbonyl (C=O) groups excluding carboxylic acids is 1. The molecule has 0 aliphatic heterocycles. The molecule has 0 spiro atoms. The van der Waals surface area contributed by atoms with Gasteiger partial charge in [0.15, 0.2) is 5.52 Å². The minimum atomic E-state index is -0.789. The van der Waals surface area contributed by atoms with E-state index in [1.54, 1.807) is 30.0 Å². The summed E-state index contributed by atoms with van der Waals surface area (Å²) in [6.07, 6.45) is 1.54. The molecule has 0 unspecified atom stereocenters. The Labute approximate surface area is 166 Å². The number of nitrogens with zero attached hydrogens (tertiary/aromatic N) is 4. The number of aryl methyl sites for hydroxylation is 2. The van der Waals surface area contributed by atoms with Gasteiger partial charge >= 0.3 is 0 Å². The van der Waals surface area contributed by atoms with Crippen molar-refractivity contribution in [2.45, 2.75) is 33.4 Å². The van der Waals surface area contributed by atoms with Crippen LogP contribution in [0.1, 0.15) is 30.1 Å². The molecule has 1 atom stereocenters. The number of carbonyl (C=O) groups is 1. The molecular weight excluding hydrogens is 370 g/mol. The maximum absolute atomic E-state index is 13.1. The van der Waals surface area contributed by atoms with Crippen molar-refractivity contribution in [2.75, 3.05) is 0 Å². The highest BCUT2D eigenvalue weighted by atomic mass is 16.3. The fraction of sp³-hybridized carbons (Fsp3) is 0.238. The van der Waals surface area contributed by atoms with E-state index in [0.29, 0.717) is 22.4 Å². The van der Waals surface area contributed by atoms with Crippen molar-refractivity contribution in [3.8, 4) is 5.69 Å². The number of amides is 1. The van der Waals surface area contributed by atoms with Crippen LogP contribution >= 0.6 is 0 Å². The molecule has 1 amide bonds. The normalized spacial score (nSPS) is 12.2. The summed E-state index contributed by atoms with van der Waals surface area (Å²) in [5.41, 5.74) is 2.23. The summed E-state index contributed by atoms with van der Waals surface area (Å²) in [5.74, 6) is 0.309. The summed E-state index contributed by atoms with van der Waals surface area (Å²) in [7, 11) is 0. The van der Waals surface area contributed by atoms with Gasteiger partial charge in [0.25, 0.3) is 5.56 Å². The molecule has 29 heavy (non-hydrogen) atoms. The highest BCUT2D eigenvalue weighted by Gasteiger charge is 2.23. The van der Waals surface area contributed by atoms with Crippen LogP contribution in [0.2, 0.25) is 0 Å². The van der Waals surface area contributed by atoms with Crippen LogP contribution in [0.5, 0.6) is 0 Å². The molecule has 0 radical (unpaired) electrons. The second kappa shape index (κ2) is 7.38. The highest BCUT2D eigenvalue weighted by Crippen LogP contribution is 2.21. The maximum atomic E-state index is 13.1. The summed E-state index contributed by atoms with van der Waals surface area (Å²) >= 11 is 0. The fourth-order valence-electron chi connectivity index (χ4n) is 3.38. The minimum absolute atomic E-state index is 0.244. The lowest BCUT2D eigenvalue weighted by Crippen LogP contribution is -2.37. The van der Waals surface area contributed by atoms with Gasteiger partial charge in [-0.3, -0.25) is 9.59 Å². The van der Waals surface area contributed by atoms with Crippen LogP contribution in [0.4, 0.5) is 0 Å². The first kappa shape index (κ1) is 18.7. The minimum Gasteiger partial charge on any atom is -0.467 e. The van der Waals surface area contributed by atoms with E-state index in [1.165, 1.54) is 4.68 Å². The second-order valence-electron chi connectivity index (χ2n) is 6.86. The molecule has 3 heterocycles. The lowest BCUT2D eigenvalue weighted by atomic mass is 10.2. The molecule has 1 aromatic carbocycles. The number of para-hydroxylation sites is 1. The highest BCUT2D eigenvalue weighted by molar-refractivity contribution is 5.84. The molecule has 0 aliphatic rings. The number of benzene rings is 1. The van der Waals surface area contributed by atoms with Gasteiger partial charge in [-0.15, -0.1) is 0 Å². The number of hydrogen-bond donors (Lipinski definition) is 1. The Morgan fingerprint density at radius 3 is 2.59 bits per heavy atom. The Balaban J connectivity index is 1.71. The van der Waals surface area contributed by atoms with Crippen LogP contribution in [-0.2, 0) is 11.3 Å². The smallest absolute Gasteiger partial charge is 0.295 e. The number of furan rings is 1. The third-order valence-corrected chi connectivity index (χ3v) is 4.91. The Morgan fingerprint density at radius 1 is 1.14 bits per heavy atom. The molecule has 8 nitrogen and oxygen atoms in total. The van der Waals surface area contributed by atoms with E-state index >= 15 is 0 Å². The predicted molar refractivity (Wildman–Crippen MR) is 108 cm³/mol. The van der Waals surface area contributed by atoms with Gasteiger partial charge in [0.2, 0.25) is 5.91 Å². The van der Waals surface area contributed by atoms with E-state index in [9.17, 15) is 9.59 Å². The second-order valence-corrected chi connectivity index (χ2v) is 6.86. The Morgan fingerprint density at radius 2 is 1.90 bits per heavy atom. The van der Waals surface area contributed by atoms with E-state index in [4.69, 9.17) is 4.42 Å². The van der Waals surface area contributed by atoms with Gasteiger partial charge in [-0.05, 0) is 45.0 Å². The summed E-state index contributed by atoms with van der Waals surface area (Å²) in [6.45, 7) is 5.60. The molecule has 0 aliphatic carbocycles. The monoisotopic (exact) mass is 391 g/mol. The average molecular weight is 391 g/mol. The van der Waals surface area contributed by atoms with Crippen LogP contribution in [0.3, 0.4) is 0 Å². The number of nitrogens with one attached hydrogen (secondary N) is 1. The zero-order valence-corrected chi connectivity index (χ0v) is 16.4. The van der Waals surface area contributed by atoms with E-state index in [0.717, 1.165) is 11.4 Å². The molecule has 0 saturated heterocycles. The molecule has 0 fully saturated rings. The molecule has 148 valence electrons. The number of fused-ring (bicyclic) bond motifs is 1. The van der Waals surface area contributed by atoms with E-state index < -0.39 is 11.6 Å². The van der Waals surface area contributed by atoms with Crippen molar-refractivity contribution < 1.29 is 9.21 Å². The van der Waals surface area contributed by atoms with Crippen molar-refractivity contribution in [1.82, 2.24) is 24.9 Å². The maximum Gasteiger partial charge on any atom is 0.295 e. The van der Waals surface area contributed by atoms with Crippen molar-refractivity contribution in [2.24, 2.45) is 0 Å². The molecule has 0 saturated carbocycles. The van der Waals surface area contributed by atoms with Crippen LogP contribution < -0.4 is 10.9 Å². The number of rotatable bonds is 5. The van der Waals surface area contributed by atoms with Crippen LogP contribution in [0.15, 0.2) is 57.9 Å². The predicted octanol–water partition coefficient (Wildman–Crippen LogP) is 2.67. The van der Waals surface area contributed by atoms with Crippen molar-refractivity contribution in [3.63, 3.8) is 0 Å². The molecule has 3 aromatic heterocycles. The molecule has 8 heteroatoms. The first-order valence-electron chi connectivity index (χ1n) is 9.31. The largest absolute Gasteiger partial charge is 0.467 e. The standard InChI is InChI=1S/C21H21N5O3/c1-13-18-14(2)25(16-8-5-4-6-9-16)24-19(18)21(28)26(23-13)15(3)20(27)22-12-17-10-7-11-29-17/h4-11,15H,12H2,1-3H3,(H,22,27)/t15-/m0/s1. The molecule has 4 aromatic rings. The molecule has 0 bridgehead atoms. The van der Waals surface area contributed by atoms with Gasteiger partial charge < -0.3 is 9.73 Å². The molecule has 4 rings (SSSR count). The van der Waals surface area contributed by atoms with Crippen LogP contribution in [0.25, 0.3) is 16.6 Å². The van der Waals surface area contributed by atoms with Gasteiger partial charge in [-0.25, -0.2) is 9.36 Å². The van der Waals surface area contributed by atoms with E-state index in [-0.39, 0.29) is 12.5 Å². The molecule has 1 N–H and O–H groups in total. The van der Waals surface area contributed by atoms with Gasteiger partial charge in [-0.1, -0.05) is 18.2 Å². The lowest BCUT2D eigenvalue weighted by molar-refractivity contribution is -0.124. The SMILES string of the molecule is Cc1nn([C@@H](C)C(=O)NCc2ccco2)c(=O)c2nn(-c3ccccc3)c(C)c12. The topological polar surface area (TPSA) is 94.9 Å². The zero-order chi connectivity index (χ0) is 20.5. The quantitative estimate of drug-likeness (QED) is 0.564. The fourth-order valence-corrected chi connectivity index (χ4v) is 3.38. The molecular formula is C21H21N5O3. The summed E-state index contributed by atoms with van der Waals surface area (Å²) < 4.78 is 8.14. The first-order valence-corrected chi connectivity index (χ1v) is 9.31. The third-order valence-electron chi connectivity index (χ3n) is 4.91. The van der Waals surface area contributed by atoms with Gasteiger partial charge in [0.05, 0.1) is 35.3 Å². The summed E-state index contributed by atoms with van der Waals surface area (Å²) in [6, 6.07) is 12.3. The van der Waals surface area contributed by atoms with Crippen LogP contribution in [0, 0.1) is 13.8 Å². The van der Waals surface area contributed by atoms with Crippen molar-refractivity contribution in [1.29, 1.82) is 0 Å². The lowest BCUT2D eigenvalue weighted by Gasteiger charge is -2.14. The van der Waals surface area contributed by atoms with Gasteiger partial charge in [0, 0.05) is 0 Å². The van der Waals surface area contributed by atoms with Gasteiger partial charge in [-0.2, -0.15) is 10.2 Å². The number of hydrogen-bond acceptors (Lipinski definition) is 5. The van der Waals surface area contributed by atoms with E-state index in [2.05, 4.69) is 15.5 Å². The Bertz CT molecular complexity index is 1220. The summed E-state index contributed by atoms with van der Waals surface area (Å²) in [5, 5.41) is 12.4. The average Bonchev–Trinajstić information content (AvgIpc) is 3.37. The van der Waals surface area contributed by atoms with Crippen molar-refractivity contribution in [3.05, 3.63) is 76.2 Å². The Hall–Kier alpha value is -3.68. The summed E-state index contributed by atoms with van der Waals surface area (Å²) in [4.78, 5) is 25.6. The zero-order valence-electron chi connectivity index (χ0n) is 16.4. The van der Waals surface area contributed by atoms with Gasteiger partial charge in [0.1, 0.15) is 11.8 Å².